The molecule has 8 heteroatoms. The third kappa shape index (κ3) is 4.55. The van der Waals surface area contributed by atoms with Crippen molar-refractivity contribution in [1.29, 1.82) is 0 Å². The highest BCUT2D eigenvalue weighted by molar-refractivity contribution is 6.31. The van der Waals surface area contributed by atoms with Gasteiger partial charge in [-0.15, -0.1) is 0 Å². The van der Waals surface area contributed by atoms with E-state index in [1.165, 1.54) is 0 Å². The Bertz CT molecular complexity index is 1220. The number of phenols is 1. The first kappa shape index (κ1) is 21.4. The Balaban J connectivity index is 1.59. The lowest BCUT2D eigenvalue weighted by molar-refractivity contribution is -0.117. The van der Waals surface area contributed by atoms with Gasteiger partial charge in [-0.3, -0.25) is 9.79 Å². The number of halogens is 1. The number of rotatable bonds is 4. The molecule has 2 aliphatic rings. The van der Waals surface area contributed by atoms with Crippen LogP contribution >= 0.6 is 11.6 Å². The molecule has 2 aromatic carbocycles. The average molecular weight is 462 g/mol. The molecule has 3 N–H and O–H groups in total. The molecule has 1 fully saturated rings. The number of benzodiazepines with no additional fused rings is 1. The topological polar surface area (TPSA) is 89.8 Å². The van der Waals surface area contributed by atoms with Crippen LogP contribution in [0.25, 0.3) is 0 Å². The number of nitrogens with zero attached hydrogens (tertiary/aromatic N) is 3. The first-order valence-corrected chi connectivity index (χ1v) is 11.3. The summed E-state index contributed by atoms with van der Waals surface area (Å²) in [4.78, 5) is 24.8. The number of carbonyl (C=O) groups excluding carboxylic acids is 1. The lowest BCUT2D eigenvalue weighted by Crippen LogP contribution is -2.43. The highest BCUT2D eigenvalue weighted by atomic mass is 35.5. The number of anilines is 2. The maximum absolute atomic E-state index is 13.1. The summed E-state index contributed by atoms with van der Waals surface area (Å²) in [5.41, 5.74) is 3.61. The van der Waals surface area contributed by atoms with E-state index in [0.29, 0.717) is 28.4 Å². The third-order valence-electron chi connectivity index (χ3n) is 5.93. The Kier molecular flexibility index (Phi) is 5.98. The van der Waals surface area contributed by atoms with Crippen LogP contribution in [0, 0.1) is 0 Å². The number of piperazine rings is 1. The first-order chi connectivity index (χ1) is 16.1. The van der Waals surface area contributed by atoms with Gasteiger partial charge in [0.1, 0.15) is 17.6 Å². The zero-order valence-electron chi connectivity index (χ0n) is 18.0. The van der Waals surface area contributed by atoms with Crippen LogP contribution in [0.15, 0.2) is 65.8 Å². The predicted molar refractivity (Wildman–Crippen MR) is 131 cm³/mol. The van der Waals surface area contributed by atoms with Crippen LogP contribution in [0.2, 0.25) is 5.02 Å². The van der Waals surface area contributed by atoms with E-state index < -0.39 is 6.04 Å². The molecule has 1 saturated heterocycles. The zero-order chi connectivity index (χ0) is 22.8. The summed E-state index contributed by atoms with van der Waals surface area (Å²) in [7, 11) is 0. The Morgan fingerprint density at radius 2 is 1.91 bits per heavy atom. The van der Waals surface area contributed by atoms with Crippen LogP contribution in [-0.2, 0) is 11.2 Å². The van der Waals surface area contributed by atoms with Gasteiger partial charge < -0.3 is 20.6 Å². The maximum Gasteiger partial charge on any atom is 0.249 e. The molecule has 3 aromatic rings. The van der Waals surface area contributed by atoms with Gasteiger partial charge in [0.05, 0.1) is 11.4 Å². The van der Waals surface area contributed by atoms with Gasteiger partial charge in [-0.1, -0.05) is 29.8 Å². The number of amides is 1. The monoisotopic (exact) mass is 461 g/mol. The van der Waals surface area contributed by atoms with Crippen LogP contribution in [0.5, 0.6) is 5.75 Å². The van der Waals surface area contributed by atoms with Gasteiger partial charge in [0.15, 0.2) is 0 Å². The number of nitrogens with one attached hydrogen (secondary N) is 2. The maximum atomic E-state index is 13.1. The lowest BCUT2D eigenvalue weighted by atomic mass is 10.0. The minimum Gasteiger partial charge on any atom is -0.508 e. The number of pyridine rings is 1. The summed E-state index contributed by atoms with van der Waals surface area (Å²) in [6.45, 7) is 3.55. The van der Waals surface area contributed by atoms with Gasteiger partial charge in [0.25, 0.3) is 0 Å². The number of aliphatic imine (C=N–C) groups is 1. The second-order valence-corrected chi connectivity index (χ2v) is 8.56. The highest BCUT2D eigenvalue weighted by Crippen LogP contribution is 2.30. The Labute approximate surface area is 197 Å². The second kappa shape index (κ2) is 9.21. The van der Waals surface area contributed by atoms with Crippen molar-refractivity contribution in [2.24, 2.45) is 4.99 Å². The van der Waals surface area contributed by atoms with Crippen molar-refractivity contribution in [1.82, 2.24) is 10.3 Å². The minimum atomic E-state index is -0.676. The third-order valence-corrected chi connectivity index (χ3v) is 6.30. The Morgan fingerprint density at radius 3 is 2.73 bits per heavy atom. The molecule has 5 rings (SSSR count). The summed E-state index contributed by atoms with van der Waals surface area (Å²) in [5, 5.41) is 17.1. The van der Waals surface area contributed by atoms with Gasteiger partial charge >= 0.3 is 0 Å². The summed E-state index contributed by atoms with van der Waals surface area (Å²) in [6, 6.07) is 15.6. The first-order valence-electron chi connectivity index (χ1n) is 11.0. The molecule has 3 heterocycles. The van der Waals surface area contributed by atoms with Gasteiger partial charge in [-0.25, -0.2) is 4.98 Å². The molecule has 2 aliphatic heterocycles. The zero-order valence-corrected chi connectivity index (χ0v) is 18.7. The SMILES string of the molecule is O=C1Nc2ccc(O)cc2C(c2ccnc(N3CCNCC3)c2)=NC1Cc1ccccc1Cl. The molecule has 1 aromatic heterocycles. The van der Waals surface area contributed by atoms with Gasteiger partial charge in [-0.05, 0) is 42.0 Å². The van der Waals surface area contributed by atoms with Crippen LogP contribution < -0.4 is 15.5 Å². The number of phenolic OH excluding ortho intramolecular Hbond substituents is 1. The normalized spacial score (nSPS) is 18.2. The van der Waals surface area contributed by atoms with Crippen molar-refractivity contribution < 1.29 is 9.90 Å². The summed E-state index contributed by atoms with van der Waals surface area (Å²) in [6.07, 6.45) is 2.13. The number of aromatic nitrogens is 1. The molecule has 0 radical (unpaired) electrons. The molecule has 0 saturated carbocycles. The van der Waals surface area contributed by atoms with Crippen molar-refractivity contribution in [2.75, 3.05) is 36.4 Å². The largest absolute Gasteiger partial charge is 0.508 e. The fourth-order valence-electron chi connectivity index (χ4n) is 4.21. The van der Waals surface area contributed by atoms with Crippen molar-refractivity contribution in [3.05, 3.63) is 82.5 Å². The number of fused-ring (bicyclic) bond motifs is 1. The average Bonchev–Trinajstić information content (AvgIpc) is 2.97. The van der Waals surface area contributed by atoms with E-state index in [4.69, 9.17) is 16.6 Å². The fraction of sp³-hybridized carbons (Fsp3) is 0.240. The smallest absolute Gasteiger partial charge is 0.249 e. The number of hydrogen-bond donors (Lipinski definition) is 3. The quantitative estimate of drug-likeness (QED) is 0.519. The van der Waals surface area contributed by atoms with Crippen LogP contribution in [0.1, 0.15) is 16.7 Å². The highest BCUT2D eigenvalue weighted by Gasteiger charge is 2.27. The van der Waals surface area contributed by atoms with E-state index in [-0.39, 0.29) is 11.7 Å². The molecule has 1 unspecified atom stereocenters. The van der Waals surface area contributed by atoms with Crippen molar-refractivity contribution in [3.8, 4) is 5.75 Å². The van der Waals surface area contributed by atoms with Crippen LogP contribution in [0.3, 0.4) is 0 Å². The molecular formula is C25H24ClN5O2. The molecule has 0 spiro atoms. The van der Waals surface area contributed by atoms with E-state index in [1.54, 1.807) is 24.4 Å². The summed E-state index contributed by atoms with van der Waals surface area (Å²) >= 11 is 6.37. The molecule has 0 bridgehead atoms. The van der Waals surface area contributed by atoms with E-state index >= 15 is 0 Å². The van der Waals surface area contributed by atoms with E-state index in [1.807, 2.05) is 36.4 Å². The molecule has 1 amide bonds. The summed E-state index contributed by atoms with van der Waals surface area (Å²) in [5.74, 6) is 0.759. The van der Waals surface area contributed by atoms with Crippen molar-refractivity contribution >= 4 is 34.7 Å². The molecule has 33 heavy (non-hydrogen) atoms. The molecule has 7 nitrogen and oxygen atoms in total. The Morgan fingerprint density at radius 1 is 1.09 bits per heavy atom. The van der Waals surface area contributed by atoms with Crippen molar-refractivity contribution in [2.45, 2.75) is 12.5 Å². The van der Waals surface area contributed by atoms with Crippen LogP contribution in [0.4, 0.5) is 11.5 Å². The Hall–Kier alpha value is -3.42. The summed E-state index contributed by atoms with van der Waals surface area (Å²) < 4.78 is 0. The number of hydrogen-bond acceptors (Lipinski definition) is 6. The molecular weight excluding hydrogens is 438 g/mol. The van der Waals surface area contributed by atoms with Crippen LogP contribution in [-0.4, -0.2) is 53.9 Å². The minimum absolute atomic E-state index is 0.108. The van der Waals surface area contributed by atoms with E-state index in [0.717, 1.165) is 43.1 Å². The fourth-order valence-corrected chi connectivity index (χ4v) is 4.42. The second-order valence-electron chi connectivity index (χ2n) is 8.15. The van der Waals surface area contributed by atoms with Crippen molar-refractivity contribution in [3.63, 3.8) is 0 Å². The predicted octanol–water partition coefficient (Wildman–Crippen LogP) is 3.25. The molecule has 0 aliphatic carbocycles. The van der Waals surface area contributed by atoms with Gasteiger partial charge in [0.2, 0.25) is 5.91 Å². The number of aromatic hydroxyl groups is 1. The number of carbonyl (C=O) groups is 1. The van der Waals surface area contributed by atoms with Gasteiger partial charge in [0, 0.05) is 54.9 Å². The lowest BCUT2D eigenvalue weighted by Gasteiger charge is -2.28. The number of benzene rings is 2. The van der Waals surface area contributed by atoms with E-state index in [2.05, 4.69) is 20.5 Å². The van der Waals surface area contributed by atoms with E-state index in [9.17, 15) is 9.90 Å². The van der Waals surface area contributed by atoms with Gasteiger partial charge in [-0.2, -0.15) is 0 Å². The standard InChI is InChI=1S/C25H24ClN5O2/c26-20-4-2-1-3-16(20)13-22-25(33)30-21-6-5-18(32)15-19(21)24(29-22)17-7-8-28-23(14-17)31-11-9-27-10-12-31/h1-8,14-15,22,27,32H,9-13H2,(H,30,33). The molecule has 1 atom stereocenters. The molecule has 168 valence electrons.